The minimum absolute atomic E-state index is 0.0964. The number of carbonyl (C=O) groups is 1. The second-order valence-corrected chi connectivity index (χ2v) is 5.53. The predicted octanol–water partition coefficient (Wildman–Crippen LogP) is 2.52. The van der Waals surface area contributed by atoms with Crippen LogP contribution in [-0.2, 0) is 16.0 Å². The van der Waals surface area contributed by atoms with Gasteiger partial charge in [-0.05, 0) is 17.7 Å². The SMILES string of the molecule is COC(=O)c1ccc(CN=Nc2ncc(F)c(N3CCOCC3)n2)cc1. The van der Waals surface area contributed by atoms with Crippen molar-refractivity contribution in [3.8, 4) is 0 Å². The van der Waals surface area contributed by atoms with Crippen LogP contribution < -0.4 is 4.90 Å². The van der Waals surface area contributed by atoms with E-state index in [1.165, 1.54) is 7.11 Å². The van der Waals surface area contributed by atoms with Gasteiger partial charge in [0.1, 0.15) is 0 Å². The number of halogens is 1. The molecule has 26 heavy (non-hydrogen) atoms. The third-order valence-corrected chi connectivity index (χ3v) is 3.81. The molecule has 0 amide bonds. The topological polar surface area (TPSA) is 89.3 Å². The van der Waals surface area contributed by atoms with E-state index in [1.807, 2.05) is 0 Å². The van der Waals surface area contributed by atoms with Gasteiger partial charge in [-0.25, -0.2) is 14.2 Å². The number of hydrogen-bond acceptors (Lipinski definition) is 8. The molecule has 0 bridgehead atoms. The fourth-order valence-electron chi connectivity index (χ4n) is 2.44. The zero-order valence-corrected chi connectivity index (χ0v) is 14.3. The Bertz CT molecular complexity index is 791. The first-order valence-electron chi connectivity index (χ1n) is 8.07. The smallest absolute Gasteiger partial charge is 0.337 e. The summed E-state index contributed by atoms with van der Waals surface area (Å²) in [5.74, 6) is -0.587. The highest BCUT2D eigenvalue weighted by molar-refractivity contribution is 5.89. The van der Waals surface area contributed by atoms with Crippen molar-refractivity contribution >= 4 is 17.7 Å². The Morgan fingerprint density at radius 2 is 2.04 bits per heavy atom. The Balaban J connectivity index is 1.65. The molecule has 1 aromatic carbocycles. The van der Waals surface area contributed by atoms with Gasteiger partial charge < -0.3 is 14.4 Å². The molecular weight excluding hydrogens is 341 g/mol. The van der Waals surface area contributed by atoms with E-state index < -0.39 is 11.8 Å². The molecule has 8 nitrogen and oxygen atoms in total. The van der Waals surface area contributed by atoms with Crippen molar-refractivity contribution in [2.75, 3.05) is 38.3 Å². The van der Waals surface area contributed by atoms with E-state index in [9.17, 15) is 9.18 Å². The van der Waals surface area contributed by atoms with E-state index in [0.717, 1.165) is 11.8 Å². The minimum Gasteiger partial charge on any atom is -0.465 e. The highest BCUT2D eigenvalue weighted by Gasteiger charge is 2.17. The lowest BCUT2D eigenvalue weighted by molar-refractivity contribution is 0.0600. The van der Waals surface area contributed by atoms with E-state index >= 15 is 0 Å². The summed E-state index contributed by atoms with van der Waals surface area (Å²) >= 11 is 0. The summed E-state index contributed by atoms with van der Waals surface area (Å²) in [6, 6.07) is 6.83. The molecule has 1 aromatic heterocycles. The summed E-state index contributed by atoms with van der Waals surface area (Å²) in [5, 5.41) is 8.00. The largest absolute Gasteiger partial charge is 0.465 e. The Morgan fingerprint density at radius 3 is 2.73 bits per heavy atom. The van der Waals surface area contributed by atoms with Crippen LogP contribution in [0.2, 0.25) is 0 Å². The Labute approximate surface area is 149 Å². The first kappa shape index (κ1) is 17.9. The molecule has 0 radical (unpaired) electrons. The molecule has 1 aliphatic heterocycles. The lowest BCUT2D eigenvalue weighted by Crippen LogP contribution is -2.37. The number of azo groups is 1. The first-order valence-corrected chi connectivity index (χ1v) is 8.07. The highest BCUT2D eigenvalue weighted by Crippen LogP contribution is 2.20. The second kappa shape index (κ2) is 8.43. The van der Waals surface area contributed by atoms with Crippen molar-refractivity contribution in [2.45, 2.75) is 6.54 Å². The molecule has 0 spiro atoms. The molecule has 1 aliphatic rings. The van der Waals surface area contributed by atoms with Crippen LogP contribution in [0.5, 0.6) is 0 Å². The lowest BCUT2D eigenvalue weighted by Gasteiger charge is -2.27. The number of benzene rings is 1. The Morgan fingerprint density at radius 1 is 1.31 bits per heavy atom. The molecule has 2 heterocycles. The summed E-state index contributed by atoms with van der Waals surface area (Å²) in [7, 11) is 1.33. The van der Waals surface area contributed by atoms with Gasteiger partial charge in [-0.1, -0.05) is 12.1 Å². The molecular formula is C17H18FN5O3. The van der Waals surface area contributed by atoms with Crippen molar-refractivity contribution in [1.29, 1.82) is 0 Å². The van der Waals surface area contributed by atoms with Crippen LogP contribution in [0.4, 0.5) is 16.2 Å². The summed E-state index contributed by atoms with van der Waals surface area (Å²) in [4.78, 5) is 21.2. The molecule has 9 heteroatoms. The molecule has 0 aliphatic carbocycles. The van der Waals surface area contributed by atoms with Crippen LogP contribution in [0.3, 0.4) is 0 Å². The number of hydrogen-bond donors (Lipinski definition) is 0. The highest BCUT2D eigenvalue weighted by atomic mass is 19.1. The average molecular weight is 359 g/mol. The van der Waals surface area contributed by atoms with E-state index in [2.05, 4.69) is 24.9 Å². The van der Waals surface area contributed by atoms with Gasteiger partial charge in [0.15, 0.2) is 11.6 Å². The third-order valence-electron chi connectivity index (χ3n) is 3.81. The van der Waals surface area contributed by atoms with Crippen LogP contribution in [-0.4, -0.2) is 49.4 Å². The zero-order valence-electron chi connectivity index (χ0n) is 14.3. The number of aromatic nitrogens is 2. The van der Waals surface area contributed by atoms with Crippen LogP contribution in [0.1, 0.15) is 15.9 Å². The molecule has 3 rings (SSSR count). The van der Waals surface area contributed by atoms with Crippen molar-refractivity contribution in [3.05, 3.63) is 47.4 Å². The molecule has 1 saturated heterocycles. The van der Waals surface area contributed by atoms with E-state index in [1.54, 1.807) is 29.2 Å². The summed E-state index contributed by atoms with van der Waals surface area (Å²) in [5.41, 5.74) is 1.32. The van der Waals surface area contributed by atoms with Crippen LogP contribution in [0.15, 0.2) is 40.7 Å². The Kier molecular flexibility index (Phi) is 5.80. The van der Waals surface area contributed by atoms with Gasteiger partial charge in [0.05, 0.1) is 38.6 Å². The monoisotopic (exact) mass is 359 g/mol. The maximum Gasteiger partial charge on any atom is 0.337 e. The first-order chi connectivity index (χ1) is 12.7. The number of esters is 1. The number of nitrogens with zero attached hydrogens (tertiary/aromatic N) is 5. The van der Waals surface area contributed by atoms with Gasteiger partial charge in [-0.2, -0.15) is 10.1 Å². The molecule has 1 fully saturated rings. The molecule has 136 valence electrons. The van der Waals surface area contributed by atoms with Gasteiger partial charge in [0.25, 0.3) is 5.95 Å². The van der Waals surface area contributed by atoms with Crippen molar-refractivity contribution in [2.24, 2.45) is 10.2 Å². The normalized spacial score (nSPS) is 14.6. The number of rotatable bonds is 5. The van der Waals surface area contributed by atoms with Gasteiger partial charge >= 0.3 is 5.97 Å². The number of carbonyl (C=O) groups excluding carboxylic acids is 1. The Hall–Kier alpha value is -2.94. The maximum atomic E-state index is 14.0. The molecule has 2 aromatic rings. The third kappa shape index (κ3) is 4.37. The fourth-order valence-corrected chi connectivity index (χ4v) is 2.44. The lowest BCUT2D eigenvalue weighted by atomic mass is 10.1. The molecule has 0 N–H and O–H groups in total. The van der Waals surface area contributed by atoms with Gasteiger partial charge in [-0.3, -0.25) is 0 Å². The van der Waals surface area contributed by atoms with Gasteiger partial charge in [0, 0.05) is 13.1 Å². The standard InChI is InChI=1S/C17H18FN5O3/c1-25-16(24)13-4-2-12(3-5-13)10-20-22-17-19-11-14(18)15(21-17)23-6-8-26-9-7-23/h2-5,11H,6-10H2,1H3. The maximum absolute atomic E-state index is 14.0. The van der Waals surface area contributed by atoms with E-state index in [0.29, 0.717) is 31.9 Å². The van der Waals surface area contributed by atoms with Crippen molar-refractivity contribution in [3.63, 3.8) is 0 Å². The molecule has 0 atom stereocenters. The average Bonchev–Trinajstić information content (AvgIpc) is 2.70. The molecule has 0 unspecified atom stereocenters. The van der Waals surface area contributed by atoms with Crippen LogP contribution in [0.25, 0.3) is 0 Å². The van der Waals surface area contributed by atoms with Crippen LogP contribution >= 0.6 is 0 Å². The predicted molar refractivity (Wildman–Crippen MR) is 91.0 cm³/mol. The van der Waals surface area contributed by atoms with Gasteiger partial charge in [-0.15, -0.1) is 5.11 Å². The summed E-state index contributed by atoms with van der Waals surface area (Å²) in [6.45, 7) is 2.48. The zero-order chi connectivity index (χ0) is 18.4. The number of ether oxygens (including phenoxy) is 2. The van der Waals surface area contributed by atoms with Gasteiger partial charge in [0.2, 0.25) is 0 Å². The number of morpholine rings is 1. The number of anilines is 1. The number of methoxy groups -OCH3 is 1. The van der Waals surface area contributed by atoms with E-state index in [-0.39, 0.29) is 18.3 Å². The summed E-state index contributed by atoms with van der Waals surface area (Å²) < 4.78 is 23.9. The summed E-state index contributed by atoms with van der Waals surface area (Å²) in [6.07, 6.45) is 1.09. The quantitative estimate of drug-likeness (QED) is 0.602. The molecule has 0 saturated carbocycles. The van der Waals surface area contributed by atoms with E-state index in [4.69, 9.17) is 4.74 Å². The van der Waals surface area contributed by atoms with Crippen molar-refractivity contribution < 1.29 is 18.7 Å². The van der Waals surface area contributed by atoms with Crippen LogP contribution in [0, 0.1) is 5.82 Å². The van der Waals surface area contributed by atoms with Crippen molar-refractivity contribution in [1.82, 2.24) is 9.97 Å². The fraction of sp³-hybridized carbons (Fsp3) is 0.353. The minimum atomic E-state index is -0.496. The second-order valence-electron chi connectivity index (χ2n) is 5.53.